The third-order valence-corrected chi connectivity index (χ3v) is 3.66. The highest BCUT2D eigenvalue weighted by Crippen LogP contribution is 2.42. The first-order valence-corrected chi connectivity index (χ1v) is 6.08. The van der Waals surface area contributed by atoms with Crippen LogP contribution in [-0.4, -0.2) is 13.2 Å². The molecule has 1 aromatic carbocycles. The summed E-state index contributed by atoms with van der Waals surface area (Å²) in [4.78, 5) is 0. The topological polar surface area (TPSA) is 44.5 Å². The fraction of sp³-hybridized carbons (Fsp3) is 0.538. The maximum Gasteiger partial charge on any atom is 0.164 e. The summed E-state index contributed by atoms with van der Waals surface area (Å²) in [7, 11) is 0. The molecule has 1 aliphatic heterocycles. The molecule has 3 nitrogen and oxygen atoms in total. The van der Waals surface area contributed by atoms with E-state index in [9.17, 15) is 4.39 Å². The molecule has 0 aromatic heterocycles. The van der Waals surface area contributed by atoms with Gasteiger partial charge in [-0.1, -0.05) is 12.8 Å². The van der Waals surface area contributed by atoms with Gasteiger partial charge in [0.1, 0.15) is 19.0 Å². The summed E-state index contributed by atoms with van der Waals surface area (Å²) in [6.45, 7) is 0.981. The van der Waals surface area contributed by atoms with Gasteiger partial charge in [-0.25, -0.2) is 4.39 Å². The fourth-order valence-corrected chi connectivity index (χ4v) is 2.72. The van der Waals surface area contributed by atoms with Gasteiger partial charge in [0, 0.05) is 17.2 Å². The Kier molecular flexibility index (Phi) is 2.47. The Bertz CT molecular complexity index is 441. The molecule has 92 valence electrons. The number of rotatable bonds is 1. The van der Waals surface area contributed by atoms with Gasteiger partial charge in [0.15, 0.2) is 11.5 Å². The molecule has 2 N–H and O–H groups in total. The number of ether oxygens (including phenoxy) is 2. The van der Waals surface area contributed by atoms with Crippen molar-refractivity contribution in [1.29, 1.82) is 0 Å². The van der Waals surface area contributed by atoms with E-state index < -0.39 is 5.54 Å². The van der Waals surface area contributed by atoms with Gasteiger partial charge in [0.25, 0.3) is 0 Å². The van der Waals surface area contributed by atoms with E-state index in [0.29, 0.717) is 30.3 Å². The van der Waals surface area contributed by atoms with E-state index in [2.05, 4.69) is 0 Å². The Labute approximate surface area is 99.7 Å². The van der Waals surface area contributed by atoms with Crippen molar-refractivity contribution in [1.82, 2.24) is 0 Å². The molecule has 1 fully saturated rings. The molecule has 1 aliphatic carbocycles. The Morgan fingerprint density at radius 2 is 1.65 bits per heavy atom. The molecule has 1 aromatic rings. The smallest absolute Gasteiger partial charge is 0.164 e. The van der Waals surface area contributed by atoms with Crippen LogP contribution in [0.4, 0.5) is 4.39 Å². The molecule has 1 saturated carbocycles. The Hall–Kier alpha value is -1.29. The van der Waals surface area contributed by atoms with E-state index in [0.717, 1.165) is 25.7 Å². The second-order valence-electron chi connectivity index (χ2n) is 4.84. The first-order chi connectivity index (χ1) is 8.19. The van der Waals surface area contributed by atoms with Crippen molar-refractivity contribution in [2.45, 2.75) is 31.2 Å². The maximum atomic E-state index is 14.1. The van der Waals surface area contributed by atoms with Gasteiger partial charge in [-0.2, -0.15) is 0 Å². The largest absolute Gasteiger partial charge is 0.486 e. The van der Waals surface area contributed by atoms with Crippen LogP contribution < -0.4 is 15.2 Å². The van der Waals surface area contributed by atoms with Crippen LogP contribution in [0.1, 0.15) is 31.2 Å². The van der Waals surface area contributed by atoms with Crippen LogP contribution >= 0.6 is 0 Å². The standard InChI is InChI=1S/C13H16FNO2/c14-10-8-12-11(16-5-6-17-12)7-9(10)13(15)3-1-2-4-13/h7-8H,1-6,15H2. The number of fused-ring (bicyclic) bond motifs is 1. The molecule has 1 heterocycles. The molecule has 4 heteroatoms. The van der Waals surface area contributed by atoms with Crippen molar-refractivity contribution in [3.05, 3.63) is 23.5 Å². The van der Waals surface area contributed by atoms with Gasteiger partial charge in [-0.05, 0) is 18.9 Å². The summed E-state index contributed by atoms with van der Waals surface area (Å²) < 4.78 is 24.9. The van der Waals surface area contributed by atoms with E-state index in [4.69, 9.17) is 15.2 Å². The highest BCUT2D eigenvalue weighted by atomic mass is 19.1. The predicted molar refractivity (Wildman–Crippen MR) is 61.7 cm³/mol. The Morgan fingerprint density at radius 1 is 1.06 bits per heavy atom. The summed E-state index contributed by atoms with van der Waals surface area (Å²) >= 11 is 0. The van der Waals surface area contributed by atoms with Crippen molar-refractivity contribution in [3.63, 3.8) is 0 Å². The summed E-state index contributed by atoms with van der Waals surface area (Å²) in [6.07, 6.45) is 3.79. The van der Waals surface area contributed by atoms with Crippen molar-refractivity contribution in [2.24, 2.45) is 5.73 Å². The molecule has 0 atom stereocenters. The zero-order valence-corrected chi connectivity index (χ0v) is 9.67. The van der Waals surface area contributed by atoms with Crippen molar-refractivity contribution in [3.8, 4) is 11.5 Å². The quantitative estimate of drug-likeness (QED) is 0.815. The number of hydrogen-bond donors (Lipinski definition) is 1. The monoisotopic (exact) mass is 237 g/mol. The molecule has 0 spiro atoms. The lowest BCUT2D eigenvalue weighted by Gasteiger charge is -2.27. The van der Waals surface area contributed by atoms with Gasteiger partial charge in [-0.3, -0.25) is 0 Å². The number of nitrogens with two attached hydrogens (primary N) is 1. The highest BCUT2D eigenvalue weighted by molar-refractivity contribution is 5.46. The molecule has 0 radical (unpaired) electrons. The van der Waals surface area contributed by atoms with Crippen LogP contribution in [0, 0.1) is 5.82 Å². The van der Waals surface area contributed by atoms with Gasteiger partial charge in [0.05, 0.1) is 0 Å². The summed E-state index contributed by atoms with van der Waals surface area (Å²) in [6, 6.07) is 3.12. The zero-order chi connectivity index (χ0) is 11.9. The number of halogens is 1. The van der Waals surface area contributed by atoms with Crippen LogP contribution in [0.5, 0.6) is 11.5 Å². The van der Waals surface area contributed by atoms with Crippen molar-refractivity contribution in [2.75, 3.05) is 13.2 Å². The van der Waals surface area contributed by atoms with Gasteiger partial charge >= 0.3 is 0 Å². The van der Waals surface area contributed by atoms with Gasteiger partial charge in [-0.15, -0.1) is 0 Å². The predicted octanol–water partition coefficient (Wildman–Crippen LogP) is 2.32. The normalized spacial score (nSPS) is 21.5. The highest BCUT2D eigenvalue weighted by Gasteiger charge is 2.35. The fourth-order valence-electron chi connectivity index (χ4n) is 2.72. The summed E-state index contributed by atoms with van der Waals surface area (Å²) in [5, 5.41) is 0. The van der Waals surface area contributed by atoms with E-state index >= 15 is 0 Å². The number of benzene rings is 1. The van der Waals surface area contributed by atoms with Gasteiger partial charge < -0.3 is 15.2 Å². The molecule has 17 heavy (non-hydrogen) atoms. The first-order valence-electron chi connectivity index (χ1n) is 6.08. The van der Waals surface area contributed by atoms with Crippen LogP contribution in [0.3, 0.4) is 0 Å². The average Bonchev–Trinajstić information content (AvgIpc) is 2.76. The van der Waals surface area contributed by atoms with Crippen LogP contribution in [-0.2, 0) is 5.54 Å². The molecule has 0 unspecified atom stereocenters. The molecule has 2 aliphatic rings. The third-order valence-electron chi connectivity index (χ3n) is 3.66. The second-order valence-corrected chi connectivity index (χ2v) is 4.84. The van der Waals surface area contributed by atoms with Crippen molar-refractivity contribution >= 4 is 0 Å². The Balaban J connectivity index is 2.04. The van der Waals surface area contributed by atoms with E-state index in [-0.39, 0.29) is 5.82 Å². The first kappa shape index (κ1) is 10.8. The van der Waals surface area contributed by atoms with E-state index in [1.807, 2.05) is 0 Å². The lowest BCUT2D eigenvalue weighted by atomic mass is 9.88. The Morgan fingerprint density at radius 3 is 2.29 bits per heavy atom. The minimum atomic E-state index is -0.528. The zero-order valence-electron chi connectivity index (χ0n) is 9.67. The lowest BCUT2D eigenvalue weighted by Crippen LogP contribution is -2.34. The average molecular weight is 237 g/mol. The molecular weight excluding hydrogens is 221 g/mol. The summed E-state index contributed by atoms with van der Waals surface area (Å²) in [5.74, 6) is 0.821. The van der Waals surface area contributed by atoms with Gasteiger partial charge in [0.2, 0.25) is 0 Å². The maximum absolute atomic E-state index is 14.1. The molecule has 3 rings (SSSR count). The van der Waals surface area contributed by atoms with E-state index in [1.165, 1.54) is 6.07 Å². The SMILES string of the molecule is NC1(c2cc3c(cc2F)OCCO3)CCCC1. The number of hydrogen-bond acceptors (Lipinski definition) is 3. The van der Waals surface area contributed by atoms with Crippen LogP contribution in [0.15, 0.2) is 12.1 Å². The third kappa shape index (κ3) is 1.76. The second kappa shape index (κ2) is 3.88. The van der Waals surface area contributed by atoms with Crippen LogP contribution in [0.2, 0.25) is 0 Å². The minimum Gasteiger partial charge on any atom is -0.486 e. The van der Waals surface area contributed by atoms with Crippen LogP contribution in [0.25, 0.3) is 0 Å². The summed E-state index contributed by atoms with van der Waals surface area (Å²) in [5.41, 5.74) is 6.32. The molecule has 0 amide bonds. The molecular formula is C13H16FNO2. The van der Waals surface area contributed by atoms with E-state index in [1.54, 1.807) is 6.07 Å². The molecule has 0 bridgehead atoms. The van der Waals surface area contributed by atoms with Crippen molar-refractivity contribution < 1.29 is 13.9 Å². The lowest BCUT2D eigenvalue weighted by molar-refractivity contribution is 0.170. The molecule has 0 saturated heterocycles. The minimum absolute atomic E-state index is 0.279.